The van der Waals surface area contributed by atoms with Gasteiger partial charge in [-0.1, -0.05) is 27.5 Å². The number of piperidine rings is 1. The van der Waals surface area contributed by atoms with Crippen molar-refractivity contribution in [2.45, 2.75) is 18.9 Å². The SMILES string of the molecule is CN(C(=O)c1cc(Br)ccc1Cl)C1CCCNC1. The van der Waals surface area contributed by atoms with Crippen LogP contribution in [0.3, 0.4) is 0 Å². The largest absolute Gasteiger partial charge is 0.337 e. The zero-order valence-corrected chi connectivity index (χ0v) is 12.6. The lowest BCUT2D eigenvalue weighted by Gasteiger charge is -2.32. The average Bonchev–Trinajstić information content (AvgIpc) is 2.41. The summed E-state index contributed by atoms with van der Waals surface area (Å²) in [6.45, 7) is 1.89. The molecule has 1 fully saturated rings. The first kappa shape index (κ1) is 13.8. The van der Waals surface area contributed by atoms with Crippen molar-refractivity contribution in [1.82, 2.24) is 10.2 Å². The maximum absolute atomic E-state index is 12.4. The van der Waals surface area contributed by atoms with E-state index < -0.39 is 0 Å². The van der Waals surface area contributed by atoms with Gasteiger partial charge in [0, 0.05) is 24.1 Å². The van der Waals surface area contributed by atoms with Gasteiger partial charge < -0.3 is 10.2 Å². The Labute approximate surface area is 121 Å². The maximum atomic E-state index is 12.4. The van der Waals surface area contributed by atoms with Crippen molar-refractivity contribution in [2.75, 3.05) is 20.1 Å². The van der Waals surface area contributed by atoms with Crippen LogP contribution in [-0.2, 0) is 0 Å². The summed E-state index contributed by atoms with van der Waals surface area (Å²) in [4.78, 5) is 14.2. The minimum Gasteiger partial charge on any atom is -0.337 e. The fourth-order valence-electron chi connectivity index (χ4n) is 2.18. The molecule has 1 unspecified atom stereocenters. The Bertz CT molecular complexity index is 447. The first-order valence-electron chi connectivity index (χ1n) is 6.02. The quantitative estimate of drug-likeness (QED) is 0.904. The van der Waals surface area contributed by atoms with Crippen LogP contribution < -0.4 is 5.32 Å². The number of benzene rings is 1. The van der Waals surface area contributed by atoms with E-state index in [4.69, 9.17) is 11.6 Å². The van der Waals surface area contributed by atoms with Crippen molar-refractivity contribution in [3.8, 4) is 0 Å². The summed E-state index contributed by atoms with van der Waals surface area (Å²) in [5.74, 6) is -0.0185. The first-order chi connectivity index (χ1) is 8.59. The molecule has 1 heterocycles. The van der Waals surface area contributed by atoms with E-state index in [1.807, 2.05) is 13.1 Å². The summed E-state index contributed by atoms with van der Waals surface area (Å²) in [6.07, 6.45) is 2.15. The summed E-state index contributed by atoms with van der Waals surface area (Å²) in [6, 6.07) is 5.60. The summed E-state index contributed by atoms with van der Waals surface area (Å²) in [7, 11) is 1.84. The van der Waals surface area contributed by atoms with Crippen molar-refractivity contribution in [1.29, 1.82) is 0 Å². The van der Waals surface area contributed by atoms with Gasteiger partial charge in [-0.2, -0.15) is 0 Å². The monoisotopic (exact) mass is 330 g/mol. The molecule has 0 aromatic heterocycles. The number of carbonyl (C=O) groups is 1. The Kier molecular flexibility index (Phi) is 4.65. The van der Waals surface area contributed by atoms with Crippen LogP contribution in [0.25, 0.3) is 0 Å². The zero-order valence-electron chi connectivity index (χ0n) is 10.2. The van der Waals surface area contributed by atoms with Crippen LogP contribution in [0.2, 0.25) is 5.02 Å². The fraction of sp³-hybridized carbons (Fsp3) is 0.462. The molecule has 1 N–H and O–H groups in total. The lowest BCUT2D eigenvalue weighted by molar-refractivity contribution is 0.0708. The van der Waals surface area contributed by atoms with Crippen molar-refractivity contribution in [3.05, 3.63) is 33.3 Å². The normalized spacial score (nSPS) is 19.6. The van der Waals surface area contributed by atoms with Gasteiger partial charge in [-0.15, -0.1) is 0 Å². The van der Waals surface area contributed by atoms with Gasteiger partial charge in [0.05, 0.1) is 10.6 Å². The highest BCUT2D eigenvalue weighted by molar-refractivity contribution is 9.10. The topological polar surface area (TPSA) is 32.3 Å². The van der Waals surface area contributed by atoms with Gasteiger partial charge in [-0.25, -0.2) is 0 Å². The minimum absolute atomic E-state index is 0.0185. The molecule has 0 radical (unpaired) electrons. The van der Waals surface area contributed by atoms with Crippen LogP contribution >= 0.6 is 27.5 Å². The lowest BCUT2D eigenvalue weighted by atomic mass is 10.1. The van der Waals surface area contributed by atoms with E-state index >= 15 is 0 Å². The second-order valence-corrected chi connectivity index (χ2v) is 5.86. The lowest BCUT2D eigenvalue weighted by Crippen LogP contribution is -2.46. The number of carbonyl (C=O) groups excluding carboxylic acids is 1. The van der Waals surface area contributed by atoms with Gasteiger partial charge in [0.25, 0.3) is 5.91 Å². The van der Waals surface area contributed by atoms with E-state index in [-0.39, 0.29) is 11.9 Å². The number of nitrogens with one attached hydrogen (secondary N) is 1. The fourth-order valence-corrected chi connectivity index (χ4v) is 2.74. The Morgan fingerprint density at radius 2 is 2.33 bits per heavy atom. The van der Waals surface area contributed by atoms with Crippen molar-refractivity contribution < 1.29 is 4.79 Å². The number of hydrogen-bond donors (Lipinski definition) is 1. The van der Waals surface area contributed by atoms with Crippen LogP contribution in [0.5, 0.6) is 0 Å². The van der Waals surface area contributed by atoms with E-state index in [9.17, 15) is 4.79 Å². The minimum atomic E-state index is -0.0185. The molecule has 1 atom stereocenters. The Balaban J connectivity index is 2.16. The van der Waals surface area contributed by atoms with Gasteiger partial charge in [0.1, 0.15) is 0 Å². The molecule has 1 saturated heterocycles. The van der Waals surface area contributed by atoms with E-state index in [2.05, 4.69) is 21.2 Å². The summed E-state index contributed by atoms with van der Waals surface area (Å²) in [5.41, 5.74) is 0.555. The second kappa shape index (κ2) is 6.04. The van der Waals surface area contributed by atoms with Gasteiger partial charge >= 0.3 is 0 Å². The van der Waals surface area contributed by atoms with Gasteiger partial charge in [0.2, 0.25) is 0 Å². The van der Waals surface area contributed by atoms with E-state index in [0.717, 1.165) is 30.4 Å². The number of hydrogen-bond acceptors (Lipinski definition) is 2. The van der Waals surface area contributed by atoms with Crippen LogP contribution in [0.1, 0.15) is 23.2 Å². The molecule has 1 aromatic rings. The number of halogens is 2. The highest BCUT2D eigenvalue weighted by atomic mass is 79.9. The number of nitrogens with zero attached hydrogens (tertiary/aromatic N) is 1. The zero-order chi connectivity index (χ0) is 13.1. The molecule has 98 valence electrons. The molecule has 1 aliphatic heterocycles. The molecule has 18 heavy (non-hydrogen) atoms. The third-order valence-corrected chi connectivity index (χ3v) is 4.12. The molecule has 1 aromatic carbocycles. The highest BCUT2D eigenvalue weighted by Gasteiger charge is 2.24. The third-order valence-electron chi connectivity index (χ3n) is 3.30. The summed E-state index contributed by atoms with van der Waals surface area (Å²) < 4.78 is 0.866. The number of rotatable bonds is 2. The predicted molar refractivity (Wildman–Crippen MR) is 77.1 cm³/mol. The molecule has 0 spiro atoms. The van der Waals surface area contributed by atoms with Crippen molar-refractivity contribution >= 4 is 33.4 Å². The third kappa shape index (κ3) is 3.05. The van der Waals surface area contributed by atoms with Gasteiger partial charge in [0.15, 0.2) is 0 Å². The molecule has 3 nitrogen and oxygen atoms in total. The van der Waals surface area contributed by atoms with Crippen molar-refractivity contribution in [2.24, 2.45) is 0 Å². The second-order valence-electron chi connectivity index (χ2n) is 4.54. The molecular formula is C13H16BrClN2O. The molecule has 1 amide bonds. The van der Waals surface area contributed by atoms with E-state index in [0.29, 0.717) is 10.6 Å². The molecule has 1 aliphatic rings. The molecule has 2 rings (SSSR count). The van der Waals surface area contributed by atoms with E-state index in [1.165, 1.54) is 0 Å². The number of amides is 1. The predicted octanol–water partition coefficient (Wildman–Crippen LogP) is 2.93. The smallest absolute Gasteiger partial charge is 0.255 e. The Hall–Kier alpha value is -0.580. The van der Waals surface area contributed by atoms with Crippen LogP contribution in [-0.4, -0.2) is 37.0 Å². The van der Waals surface area contributed by atoms with Crippen LogP contribution in [0.4, 0.5) is 0 Å². The molecule has 0 bridgehead atoms. The van der Waals surface area contributed by atoms with Crippen LogP contribution in [0, 0.1) is 0 Å². The summed E-state index contributed by atoms with van der Waals surface area (Å²) >= 11 is 9.46. The molecule has 5 heteroatoms. The van der Waals surface area contributed by atoms with Crippen molar-refractivity contribution in [3.63, 3.8) is 0 Å². The Morgan fingerprint density at radius 3 is 3.00 bits per heavy atom. The number of likely N-dealkylation sites (N-methyl/N-ethyl adjacent to an activating group) is 1. The highest BCUT2D eigenvalue weighted by Crippen LogP contribution is 2.23. The molecule has 0 aliphatic carbocycles. The first-order valence-corrected chi connectivity index (χ1v) is 7.19. The molecule has 0 saturated carbocycles. The summed E-state index contributed by atoms with van der Waals surface area (Å²) in [5, 5.41) is 3.81. The van der Waals surface area contributed by atoms with Gasteiger partial charge in [-0.05, 0) is 37.6 Å². The van der Waals surface area contributed by atoms with Crippen LogP contribution in [0.15, 0.2) is 22.7 Å². The Morgan fingerprint density at radius 1 is 1.56 bits per heavy atom. The standard InChI is InChI=1S/C13H16BrClN2O/c1-17(10-3-2-6-16-8-10)13(18)11-7-9(14)4-5-12(11)15/h4-5,7,10,16H,2-3,6,8H2,1H3. The van der Waals surface area contributed by atoms with Gasteiger partial charge in [-0.3, -0.25) is 4.79 Å². The van der Waals surface area contributed by atoms with E-state index in [1.54, 1.807) is 17.0 Å². The maximum Gasteiger partial charge on any atom is 0.255 e. The average molecular weight is 332 g/mol. The molecular weight excluding hydrogens is 316 g/mol.